The highest BCUT2D eigenvalue weighted by molar-refractivity contribution is 6.17. The van der Waals surface area contributed by atoms with E-state index in [2.05, 4.69) is 228 Å². The quantitative estimate of drug-likeness (QED) is 0.156. The van der Waals surface area contributed by atoms with Gasteiger partial charge in [0, 0.05) is 33.2 Å². The van der Waals surface area contributed by atoms with E-state index in [-0.39, 0.29) is 0 Å². The minimum atomic E-state index is 1.10. The van der Waals surface area contributed by atoms with Crippen LogP contribution < -0.4 is 4.90 Å². The van der Waals surface area contributed by atoms with Gasteiger partial charge in [0.2, 0.25) is 0 Å². The largest absolute Gasteiger partial charge is 0.310 e. The van der Waals surface area contributed by atoms with E-state index >= 15 is 0 Å². The van der Waals surface area contributed by atoms with Gasteiger partial charge in [-0.25, -0.2) is 0 Å². The van der Waals surface area contributed by atoms with E-state index in [1.54, 1.807) is 0 Å². The molecule has 0 aliphatic carbocycles. The Morgan fingerprint density at radius 1 is 0.321 bits per heavy atom. The summed E-state index contributed by atoms with van der Waals surface area (Å²) in [5.41, 5.74) is 11.7. The molecule has 0 saturated heterocycles. The SMILES string of the molecule is c1ccc(-n2c3ccccc3c3c(-c4cccc(N(c5cccc(-c6cccc7ccccc67)c5)c5cc6ccccc6c6ccccc56)c4)cccc32)cc1. The van der Waals surface area contributed by atoms with Crippen LogP contribution in [0.3, 0.4) is 0 Å². The van der Waals surface area contributed by atoms with Crippen LogP contribution in [0.15, 0.2) is 218 Å². The molecular weight excluding hydrogens is 677 g/mol. The van der Waals surface area contributed by atoms with E-state index in [1.807, 2.05) is 0 Å². The maximum atomic E-state index is 2.46. The number of rotatable bonds is 6. The van der Waals surface area contributed by atoms with Crippen molar-refractivity contribution in [1.82, 2.24) is 4.57 Å². The Morgan fingerprint density at radius 3 is 1.64 bits per heavy atom. The molecule has 0 bridgehead atoms. The summed E-state index contributed by atoms with van der Waals surface area (Å²) in [7, 11) is 0. The average Bonchev–Trinajstić information content (AvgIpc) is 3.61. The maximum Gasteiger partial charge on any atom is 0.0547 e. The first-order chi connectivity index (χ1) is 27.8. The molecule has 0 aliphatic rings. The van der Waals surface area contributed by atoms with E-state index in [4.69, 9.17) is 0 Å². The third-order valence-electron chi connectivity index (χ3n) is 11.3. The fourth-order valence-electron chi connectivity index (χ4n) is 8.86. The average molecular weight is 713 g/mol. The molecule has 1 heterocycles. The molecule has 1 aromatic heterocycles. The highest BCUT2D eigenvalue weighted by atomic mass is 15.1. The zero-order valence-corrected chi connectivity index (χ0v) is 30.7. The van der Waals surface area contributed by atoms with Crippen molar-refractivity contribution in [2.45, 2.75) is 0 Å². The van der Waals surface area contributed by atoms with Crippen molar-refractivity contribution in [3.05, 3.63) is 218 Å². The number of benzene rings is 10. The topological polar surface area (TPSA) is 8.17 Å². The van der Waals surface area contributed by atoms with Crippen LogP contribution in [0.1, 0.15) is 0 Å². The first-order valence-corrected chi connectivity index (χ1v) is 19.3. The first kappa shape index (κ1) is 32.0. The lowest BCUT2D eigenvalue weighted by atomic mass is 9.96. The Kier molecular flexibility index (Phi) is 7.53. The molecule has 0 radical (unpaired) electrons. The molecule has 10 aromatic carbocycles. The van der Waals surface area contributed by atoms with Crippen molar-refractivity contribution < 1.29 is 0 Å². The minimum Gasteiger partial charge on any atom is -0.310 e. The molecule has 0 aliphatic heterocycles. The predicted molar refractivity (Wildman–Crippen MR) is 239 cm³/mol. The molecule has 2 heteroatoms. The third kappa shape index (κ3) is 5.19. The highest BCUT2D eigenvalue weighted by Crippen LogP contribution is 2.45. The van der Waals surface area contributed by atoms with Crippen LogP contribution in [0.4, 0.5) is 17.1 Å². The van der Waals surface area contributed by atoms with Gasteiger partial charge in [-0.05, 0) is 104 Å². The van der Waals surface area contributed by atoms with Gasteiger partial charge in [-0.2, -0.15) is 0 Å². The van der Waals surface area contributed by atoms with E-state index in [0.717, 1.165) is 22.7 Å². The Labute approximate surface area is 325 Å². The summed E-state index contributed by atoms with van der Waals surface area (Å²) in [6.07, 6.45) is 0. The molecule has 11 aromatic rings. The summed E-state index contributed by atoms with van der Waals surface area (Å²) in [5.74, 6) is 0. The Bertz CT molecular complexity index is 3260. The van der Waals surface area contributed by atoms with E-state index < -0.39 is 0 Å². The van der Waals surface area contributed by atoms with Crippen molar-refractivity contribution in [2.24, 2.45) is 0 Å². The molecule has 0 fully saturated rings. The van der Waals surface area contributed by atoms with Crippen molar-refractivity contribution in [2.75, 3.05) is 4.90 Å². The second kappa shape index (κ2) is 13.2. The van der Waals surface area contributed by atoms with Gasteiger partial charge in [0.25, 0.3) is 0 Å². The van der Waals surface area contributed by atoms with Crippen molar-refractivity contribution in [3.8, 4) is 27.9 Å². The summed E-state index contributed by atoms with van der Waals surface area (Å²) < 4.78 is 2.39. The van der Waals surface area contributed by atoms with Crippen LogP contribution in [0.5, 0.6) is 0 Å². The first-order valence-electron chi connectivity index (χ1n) is 19.3. The van der Waals surface area contributed by atoms with E-state index in [1.165, 1.54) is 76.4 Å². The summed E-state index contributed by atoms with van der Waals surface area (Å²) in [5, 5.41) is 9.91. The molecule has 11 rings (SSSR count). The van der Waals surface area contributed by atoms with Gasteiger partial charge in [-0.1, -0.05) is 164 Å². The second-order valence-corrected chi connectivity index (χ2v) is 14.5. The van der Waals surface area contributed by atoms with E-state index in [0.29, 0.717) is 0 Å². The summed E-state index contributed by atoms with van der Waals surface area (Å²) >= 11 is 0. The number of nitrogens with zero attached hydrogens (tertiary/aromatic N) is 2. The fourth-order valence-corrected chi connectivity index (χ4v) is 8.86. The standard InChI is InChI=1S/C54H36N2/c1-2-21-41(22-3-1)56-51-32-11-10-29-50(51)54-47(31-15-33-52(54)56)39-20-13-24-43(35-39)55(53-36-40-17-5-7-26-46(40)48-27-8-9-28-49(48)53)42-23-12-19-38(34-42)45-30-14-18-37-16-4-6-25-44(37)45/h1-36H. The molecular formula is C54H36N2. The Balaban J connectivity index is 1.16. The molecule has 56 heavy (non-hydrogen) atoms. The molecule has 0 saturated carbocycles. The summed E-state index contributed by atoms with van der Waals surface area (Å²) in [6.45, 7) is 0. The number of aromatic nitrogens is 1. The lowest BCUT2D eigenvalue weighted by molar-refractivity contribution is 1.18. The van der Waals surface area contributed by atoms with Crippen molar-refractivity contribution in [3.63, 3.8) is 0 Å². The van der Waals surface area contributed by atoms with Gasteiger partial charge in [0.05, 0.1) is 16.7 Å². The monoisotopic (exact) mass is 712 g/mol. The van der Waals surface area contributed by atoms with Crippen LogP contribution in [0.2, 0.25) is 0 Å². The number of para-hydroxylation sites is 2. The zero-order chi connectivity index (χ0) is 37.0. The van der Waals surface area contributed by atoms with E-state index in [9.17, 15) is 0 Å². The fraction of sp³-hybridized carbons (Fsp3) is 0. The van der Waals surface area contributed by atoms with Gasteiger partial charge < -0.3 is 9.47 Å². The molecule has 0 N–H and O–H groups in total. The molecule has 0 amide bonds. The maximum absolute atomic E-state index is 2.46. The molecule has 0 spiro atoms. The molecule has 2 nitrogen and oxygen atoms in total. The lowest BCUT2D eigenvalue weighted by Gasteiger charge is -2.28. The van der Waals surface area contributed by atoms with Crippen LogP contribution in [0, 0.1) is 0 Å². The Morgan fingerprint density at radius 2 is 0.857 bits per heavy atom. The van der Waals surface area contributed by atoms with Crippen molar-refractivity contribution in [1.29, 1.82) is 0 Å². The smallest absolute Gasteiger partial charge is 0.0547 e. The van der Waals surface area contributed by atoms with Crippen LogP contribution in [-0.2, 0) is 0 Å². The van der Waals surface area contributed by atoms with Crippen LogP contribution >= 0.6 is 0 Å². The predicted octanol–water partition coefficient (Wildman–Crippen LogP) is 15.0. The molecule has 262 valence electrons. The van der Waals surface area contributed by atoms with Gasteiger partial charge in [0.1, 0.15) is 0 Å². The normalized spacial score (nSPS) is 11.6. The number of hydrogen-bond donors (Lipinski definition) is 0. The van der Waals surface area contributed by atoms with Crippen molar-refractivity contribution >= 4 is 71.2 Å². The highest BCUT2D eigenvalue weighted by Gasteiger charge is 2.21. The van der Waals surface area contributed by atoms with Crippen LogP contribution in [0.25, 0.3) is 82.1 Å². The number of hydrogen-bond acceptors (Lipinski definition) is 1. The summed E-state index contributed by atoms with van der Waals surface area (Å²) in [6, 6.07) is 79.6. The second-order valence-electron chi connectivity index (χ2n) is 14.5. The Hall–Kier alpha value is -7.42. The molecule has 0 atom stereocenters. The summed E-state index contributed by atoms with van der Waals surface area (Å²) in [4.78, 5) is 2.46. The number of fused-ring (bicyclic) bond motifs is 7. The van der Waals surface area contributed by atoms with Gasteiger partial charge in [-0.15, -0.1) is 0 Å². The minimum absolute atomic E-state index is 1.10. The van der Waals surface area contributed by atoms with Crippen LogP contribution in [-0.4, -0.2) is 4.57 Å². The number of anilines is 3. The lowest BCUT2D eigenvalue weighted by Crippen LogP contribution is -2.11. The molecule has 0 unspecified atom stereocenters. The van der Waals surface area contributed by atoms with Gasteiger partial charge >= 0.3 is 0 Å². The zero-order valence-electron chi connectivity index (χ0n) is 30.7. The van der Waals surface area contributed by atoms with Gasteiger partial charge in [-0.3, -0.25) is 0 Å². The third-order valence-corrected chi connectivity index (χ3v) is 11.3. The van der Waals surface area contributed by atoms with Gasteiger partial charge in [0.15, 0.2) is 0 Å².